The molecule has 3 heteroatoms. The summed E-state index contributed by atoms with van der Waals surface area (Å²) in [5.41, 5.74) is 0.917. The van der Waals surface area contributed by atoms with Crippen molar-refractivity contribution >= 4 is 5.78 Å². The molecular formula is C12H10O3. The van der Waals surface area contributed by atoms with Crippen LogP contribution in [-0.4, -0.2) is 10.9 Å². The lowest BCUT2D eigenvalue weighted by Gasteiger charge is -2.05. The number of carbonyl (C=O) groups excluding carboxylic acids is 1. The van der Waals surface area contributed by atoms with Crippen LogP contribution in [0.4, 0.5) is 0 Å². The summed E-state index contributed by atoms with van der Waals surface area (Å²) in [4.78, 5) is 11.4. The average Bonchev–Trinajstić information content (AvgIpc) is 2.70. The summed E-state index contributed by atoms with van der Waals surface area (Å²) >= 11 is 0. The molecule has 0 aliphatic rings. The molecule has 0 saturated heterocycles. The van der Waals surface area contributed by atoms with E-state index in [2.05, 4.69) is 0 Å². The van der Waals surface area contributed by atoms with Crippen molar-refractivity contribution in [1.29, 1.82) is 0 Å². The minimum absolute atomic E-state index is 0.0534. The number of furan rings is 1. The van der Waals surface area contributed by atoms with Gasteiger partial charge in [-0.1, -0.05) is 12.1 Å². The Bertz CT molecular complexity index is 484. The van der Waals surface area contributed by atoms with E-state index in [-0.39, 0.29) is 11.5 Å². The van der Waals surface area contributed by atoms with Gasteiger partial charge in [0.05, 0.1) is 11.8 Å². The number of phenolic OH excluding ortho intramolecular Hbond substituents is 1. The maximum Gasteiger partial charge on any atom is 0.160 e. The number of ketones is 1. The third-order valence-electron chi connectivity index (χ3n) is 2.19. The van der Waals surface area contributed by atoms with Crippen LogP contribution >= 0.6 is 0 Å². The second kappa shape index (κ2) is 3.61. The molecule has 0 aliphatic heterocycles. The zero-order chi connectivity index (χ0) is 10.8. The number of benzene rings is 1. The van der Waals surface area contributed by atoms with Crippen LogP contribution in [0.1, 0.15) is 17.3 Å². The molecule has 76 valence electrons. The Kier molecular flexibility index (Phi) is 2.29. The van der Waals surface area contributed by atoms with Crippen LogP contribution in [0.2, 0.25) is 0 Å². The second-order valence-electron chi connectivity index (χ2n) is 3.23. The van der Waals surface area contributed by atoms with Gasteiger partial charge >= 0.3 is 0 Å². The van der Waals surface area contributed by atoms with Crippen molar-refractivity contribution in [2.75, 3.05) is 0 Å². The number of Topliss-reactive ketones (excluding diaryl/α,β-unsaturated/α-hetero) is 1. The summed E-state index contributed by atoms with van der Waals surface area (Å²) < 4.78 is 5.18. The van der Waals surface area contributed by atoms with Crippen molar-refractivity contribution < 1.29 is 14.3 Å². The van der Waals surface area contributed by atoms with Gasteiger partial charge in [0.2, 0.25) is 0 Å². The molecular weight excluding hydrogens is 192 g/mol. The van der Waals surface area contributed by atoms with Crippen molar-refractivity contribution in [3.05, 3.63) is 42.2 Å². The fourth-order valence-electron chi connectivity index (χ4n) is 1.51. The molecule has 0 unspecified atom stereocenters. The molecule has 0 saturated carbocycles. The molecule has 3 nitrogen and oxygen atoms in total. The highest BCUT2D eigenvalue weighted by Crippen LogP contribution is 2.32. The largest absolute Gasteiger partial charge is 0.507 e. The highest BCUT2D eigenvalue weighted by Gasteiger charge is 2.14. The minimum Gasteiger partial charge on any atom is -0.507 e. The normalized spacial score (nSPS) is 10.2. The van der Waals surface area contributed by atoms with E-state index in [1.54, 1.807) is 24.3 Å². The van der Waals surface area contributed by atoms with Crippen LogP contribution in [0.3, 0.4) is 0 Å². The zero-order valence-electron chi connectivity index (χ0n) is 8.23. The van der Waals surface area contributed by atoms with Crippen LogP contribution in [0.5, 0.6) is 5.75 Å². The topological polar surface area (TPSA) is 50.4 Å². The molecule has 0 amide bonds. The molecule has 0 bridgehead atoms. The summed E-state index contributed by atoms with van der Waals surface area (Å²) in [6, 6.07) is 8.26. The highest BCUT2D eigenvalue weighted by molar-refractivity contribution is 6.01. The molecule has 0 atom stereocenters. The van der Waals surface area contributed by atoms with Crippen LogP contribution in [-0.2, 0) is 0 Å². The predicted octanol–water partition coefficient (Wildman–Crippen LogP) is 2.85. The molecule has 15 heavy (non-hydrogen) atoms. The van der Waals surface area contributed by atoms with Gasteiger partial charge in [-0.15, -0.1) is 0 Å². The van der Waals surface area contributed by atoms with Crippen LogP contribution in [0.25, 0.3) is 11.3 Å². The molecule has 0 fully saturated rings. The number of phenols is 1. The Morgan fingerprint density at radius 3 is 2.67 bits per heavy atom. The van der Waals surface area contributed by atoms with Gasteiger partial charge in [-0.3, -0.25) is 4.79 Å². The first kappa shape index (κ1) is 9.52. The van der Waals surface area contributed by atoms with Gasteiger partial charge < -0.3 is 9.52 Å². The van der Waals surface area contributed by atoms with E-state index in [9.17, 15) is 9.90 Å². The van der Waals surface area contributed by atoms with E-state index < -0.39 is 0 Å². The standard InChI is InChI=1S/C12H10O3/c1-8(13)9-4-2-5-10(14)12(9)11-6-3-7-15-11/h2-7,14H,1H3. The molecule has 0 spiro atoms. The van der Waals surface area contributed by atoms with E-state index in [1.165, 1.54) is 19.3 Å². The molecule has 1 N–H and O–H groups in total. The lowest BCUT2D eigenvalue weighted by atomic mass is 10.0. The molecule has 2 rings (SSSR count). The molecule has 2 aromatic rings. The summed E-state index contributed by atoms with van der Waals surface area (Å²) in [7, 11) is 0. The SMILES string of the molecule is CC(=O)c1cccc(O)c1-c1ccco1. The summed E-state index contributed by atoms with van der Waals surface area (Å²) in [6.07, 6.45) is 1.51. The first-order valence-corrected chi connectivity index (χ1v) is 4.57. The first-order valence-electron chi connectivity index (χ1n) is 4.57. The van der Waals surface area contributed by atoms with Crippen LogP contribution in [0.15, 0.2) is 41.0 Å². The van der Waals surface area contributed by atoms with Gasteiger partial charge in [0.1, 0.15) is 11.5 Å². The van der Waals surface area contributed by atoms with Crippen molar-refractivity contribution in [2.45, 2.75) is 6.92 Å². The monoisotopic (exact) mass is 202 g/mol. The van der Waals surface area contributed by atoms with Crippen molar-refractivity contribution in [3.8, 4) is 17.1 Å². The van der Waals surface area contributed by atoms with Gasteiger partial charge in [-0.05, 0) is 25.1 Å². The Labute approximate surface area is 87.0 Å². The molecule has 1 aromatic carbocycles. The van der Waals surface area contributed by atoms with Gasteiger partial charge in [-0.2, -0.15) is 0 Å². The van der Waals surface area contributed by atoms with E-state index in [0.717, 1.165) is 0 Å². The number of hydrogen-bond acceptors (Lipinski definition) is 3. The molecule has 1 aromatic heterocycles. The Morgan fingerprint density at radius 1 is 1.27 bits per heavy atom. The van der Waals surface area contributed by atoms with E-state index in [0.29, 0.717) is 16.9 Å². The van der Waals surface area contributed by atoms with Gasteiger partial charge in [0.15, 0.2) is 5.78 Å². The number of rotatable bonds is 2. The van der Waals surface area contributed by atoms with Gasteiger partial charge in [-0.25, -0.2) is 0 Å². The van der Waals surface area contributed by atoms with Crippen molar-refractivity contribution in [1.82, 2.24) is 0 Å². The van der Waals surface area contributed by atoms with Crippen LogP contribution < -0.4 is 0 Å². The first-order chi connectivity index (χ1) is 7.20. The maximum absolute atomic E-state index is 11.4. The zero-order valence-corrected chi connectivity index (χ0v) is 8.23. The third-order valence-corrected chi connectivity index (χ3v) is 2.19. The Morgan fingerprint density at radius 2 is 2.07 bits per heavy atom. The third kappa shape index (κ3) is 1.64. The van der Waals surface area contributed by atoms with E-state index >= 15 is 0 Å². The lowest BCUT2D eigenvalue weighted by Crippen LogP contribution is -1.95. The fraction of sp³-hybridized carbons (Fsp3) is 0.0833. The Hall–Kier alpha value is -2.03. The maximum atomic E-state index is 11.4. The highest BCUT2D eigenvalue weighted by atomic mass is 16.3. The summed E-state index contributed by atoms with van der Waals surface area (Å²) in [5.74, 6) is 0.452. The van der Waals surface area contributed by atoms with E-state index in [1.807, 2.05) is 0 Å². The summed E-state index contributed by atoms with van der Waals surface area (Å²) in [6.45, 7) is 1.46. The Balaban J connectivity index is 2.68. The number of hydrogen-bond donors (Lipinski definition) is 1. The molecule has 0 aliphatic carbocycles. The average molecular weight is 202 g/mol. The van der Waals surface area contributed by atoms with Crippen LogP contribution in [0, 0.1) is 0 Å². The molecule has 1 heterocycles. The number of carbonyl (C=O) groups is 1. The van der Waals surface area contributed by atoms with Crippen molar-refractivity contribution in [2.24, 2.45) is 0 Å². The smallest absolute Gasteiger partial charge is 0.160 e. The minimum atomic E-state index is -0.0997. The molecule has 0 radical (unpaired) electrons. The summed E-state index contributed by atoms with van der Waals surface area (Å²) in [5, 5.41) is 9.70. The predicted molar refractivity (Wildman–Crippen MR) is 55.8 cm³/mol. The van der Waals surface area contributed by atoms with E-state index in [4.69, 9.17) is 4.42 Å². The fourth-order valence-corrected chi connectivity index (χ4v) is 1.51. The van der Waals surface area contributed by atoms with Gasteiger partial charge in [0, 0.05) is 5.56 Å². The van der Waals surface area contributed by atoms with Gasteiger partial charge in [0.25, 0.3) is 0 Å². The number of aromatic hydroxyl groups is 1. The second-order valence-corrected chi connectivity index (χ2v) is 3.23. The lowest BCUT2D eigenvalue weighted by molar-refractivity contribution is 0.101. The van der Waals surface area contributed by atoms with Crippen molar-refractivity contribution in [3.63, 3.8) is 0 Å². The quantitative estimate of drug-likeness (QED) is 0.762.